The van der Waals surface area contributed by atoms with Crippen LogP contribution in [0.15, 0.2) is 60.7 Å². The first kappa shape index (κ1) is 33.8. The smallest absolute Gasteiger partial charge is 0.408 e. The van der Waals surface area contributed by atoms with Gasteiger partial charge >= 0.3 is 12.1 Å². The zero-order valence-electron chi connectivity index (χ0n) is 27.7. The molecule has 1 aliphatic carbocycles. The van der Waals surface area contributed by atoms with E-state index < -0.39 is 29.2 Å². The van der Waals surface area contributed by atoms with Gasteiger partial charge in [-0.25, -0.2) is 9.18 Å². The summed E-state index contributed by atoms with van der Waals surface area (Å²) in [6, 6.07) is 17.5. The molecule has 1 fully saturated rings. The number of para-hydroxylation sites is 1. The predicted molar refractivity (Wildman–Crippen MR) is 173 cm³/mol. The van der Waals surface area contributed by atoms with E-state index in [9.17, 15) is 9.59 Å². The maximum Gasteiger partial charge on any atom is 0.408 e. The fraction of sp³-hybridized carbons (Fsp3) is 0.459. The SMILES string of the molecule is CC(NC(=O)OC(C)(C)C)c1cccc(-c2cc(COc3ccccc3CC(=O)OC(C)(C)C)cc(OCC3(C)CC3)c2)c1F. The van der Waals surface area contributed by atoms with Crippen molar-refractivity contribution in [3.05, 3.63) is 83.2 Å². The van der Waals surface area contributed by atoms with E-state index in [1.165, 1.54) is 0 Å². The van der Waals surface area contributed by atoms with Crippen molar-refractivity contribution in [2.24, 2.45) is 5.41 Å². The van der Waals surface area contributed by atoms with Gasteiger partial charge in [0.05, 0.1) is 19.1 Å². The molecule has 1 saturated carbocycles. The topological polar surface area (TPSA) is 83.1 Å². The van der Waals surface area contributed by atoms with E-state index in [2.05, 4.69) is 12.2 Å². The molecular weight excluding hydrogens is 573 g/mol. The van der Waals surface area contributed by atoms with Crippen LogP contribution in [0.25, 0.3) is 11.1 Å². The van der Waals surface area contributed by atoms with Gasteiger partial charge < -0.3 is 24.3 Å². The lowest BCUT2D eigenvalue weighted by atomic mass is 9.97. The molecule has 0 spiro atoms. The van der Waals surface area contributed by atoms with Crippen molar-refractivity contribution in [1.82, 2.24) is 5.32 Å². The summed E-state index contributed by atoms with van der Waals surface area (Å²) in [5.74, 6) is 0.403. The molecule has 7 nitrogen and oxygen atoms in total. The summed E-state index contributed by atoms with van der Waals surface area (Å²) in [6.07, 6.45) is 1.68. The quantitative estimate of drug-likeness (QED) is 0.216. The van der Waals surface area contributed by atoms with Crippen molar-refractivity contribution in [3.63, 3.8) is 0 Å². The largest absolute Gasteiger partial charge is 0.493 e. The van der Waals surface area contributed by atoms with Gasteiger partial charge in [0.15, 0.2) is 0 Å². The molecule has 0 bridgehead atoms. The number of carbonyl (C=O) groups excluding carboxylic acids is 2. The van der Waals surface area contributed by atoms with E-state index in [1.54, 1.807) is 45.9 Å². The Morgan fingerprint density at radius 3 is 2.27 bits per heavy atom. The summed E-state index contributed by atoms with van der Waals surface area (Å²) in [5, 5.41) is 2.73. The Balaban J connectivity index is 1.59. The Labute approximate surface area is 266 Å². The number of ether oxygens (including phenoxy) is 4. The number of halogens is 1. The molecule has 242 valence electrons. The molecule has 1 amide bonds. The van der Waals surface area contributed by atoms with Crippen LogP contribution in [-0.2, 0) is 27.3 Å². The summed E-state index contributed by atoms with van der Waals surface area (Å²) < 4.78 is 39.4. The summed E-state index contributed by atoms with van der Waals surface area (Å²) in [6.45, 7) is 15.5. The van der Waals surface area contributed by atoms with Crippen molar-refractivity contribution in [3.8, 4) is 22.6 Å². The minimum Gasteiger partial charge on any atom is -0.493 e. The molecule has 0 radical (unpaired) electrons. The van der Waals surface area contributed by atoms with Crippen LogP contribution in [0, 0.1) is 11.2 Å². The number of hydrogen-bond donors (Lipinski definition) is 1. The molecule has 1 atom stereocenters. The number of nitrogens with one attached hydrogen (secondary N) is 1. The number of rotatable bonds is 11. The van der Waals surface area contributed by atoms with Gasteiger partial charge in [-0.1, -0.05) is 43.3 Å². The van der Waals surface area contributed by atoms with Crippen LogP contribution >= 0.6 is 0 Å². The van der Waals surface area contributed by atoms with Gasteiger partial charge in [-0.2, -0.15) is 0 Å². The first-order valence-electron chi connectivity index (χ1n) is 15.5. The van der Waals surface area contributed by atoms with Gasteiger partial charge in [0, 0.05) is 22.1 Å². The molecule has 4 rings (SSSR count). The second-order valence-corrected chi connectivity index (χ2v) is 14.2. The van der Waals surface area contributed by atoms with E-state index in [4.69, 9.17) is 18.9 Å². The molecule has 1 N–H and O–H groups in total. The maximum atomic E-state index is 16.1. The molecule has 0 heterocycles. The third kappa shape index (κ3) is 10.2. The second-order valence-electron chi connectivity index (χ2n) is 14.2. The van der Waals surface area contributed by atoms with Gasteiger partial charge in [-0.05, 0) is 96.7 Å². The number of alkyl carbamates (subject to hydrolysis) is 1. The van der Waals surface area contributed by atoms with Crippen molar-refractivity contribution >= 4 is 12.1 Å². The monoisotopic (exact) mass is 619 g/mol. The van der Waals surface area contributed by atoms with Crippen LogP contribution in [0.3, 0.4) is 0 Å². The minimum absolute atomic E-state index is 0.0773. The molecule has 0 aliphatic heterocycles. The lowest BCUT2D eigenvalue weighted by Crippen LogP contribution is -2.34. The number of hydrogen-bond acceptors (Lipinski definition) is 6. The van der Waals surface area contributed by atoms with E-state index in [1.807, 2.05) is 63.2 Å². The summed E-state index contributed by atoms with van der Waals surface area (Å²) in [5.41, 5.74) is 1.73. The van der Waals surface area contributed by atoms with Crippen molar-refractivity contribution in [2.75, 3.05) is 6.61 Å². The number of amides is 1. The highest BCUT2D eigenvalue weighted by molar-refractivity contribution is 5.74. The Morgan fingerprint density at radius 2 is 1.60 bits per heavy atom. The van der Waals surface area contributed by atoms with Crippen LogP contribution in [0.2, 0.25) is 0 Å². The summed E-state index contributed by atoms with van der Waals surface area (Å²) in [4.78, 5) is 24.9. The third-order valence-electron chi connectivity index (χ3n) is 7.32. The van der Waals surface area contributed by atoms with E-state index in [0.717, 1.165) is 18.4 Å². The van der Waals surface area contributed by atoms with E-state index in [0.29, 0.717) is 40.4 Å². The highest BCUT2D eigenvalue weighted by atomic mass is 19.1. The Morgan fingerprint density at radius 1 is 0.911 bits per heavy atom. The lowest BCUT2D eigenvalue weighted by molar-refractivity contribution is -0.153. The molecule has 3 aromatic carbocycles. The predicted octanol–water partition coefficient (Wildman–Crippen LogP) is 8.72. The van der Waals surface area contributed by atoms with Gasteiger partial charge in [-0.3, -0.25) is 4.79 Å². The molecule has 1 unspecified atom stereocenters. The van der Waals surface area contributed by atoms with E-state index >= 15 is 4.39 Å². The number of esters is 1. The van der Waals surface area contributed by atoms with Crippen molar-refractivity contribution < 1.29 is 32.9 Å². The second kappa shape index (κ2) is 13.5. The molecule has 3 aromatic rings. The first-order valence-corrected chi connectivity index (χ1v) is 15.5. The zero-order valence-corrected chi connectivity index (χ0v) is 27.7. The molecule has 8 heteroatoms. The van der Waals surface area contributed by atoms with Gasteiger partial charge in [0.25, 0.3) is 0 Å². The fourth-order valence-electron chi connectivity index (χ4n) is 4.75. The van der Waals surface area contributed by atoms with Gasteiger partial charge in [0.2, 0.25) is 0 Å². The van der Waals surface area contributed by atoms with Crippen molar-refractivity contribution in [2.45, 2.75) is 98.5 Å². The molecule has 45 heavy (non-hydrogen) atoms. The molecule has 1 aliphatic rings. The first-order chi connectivity index (χ1) is 21.0. The van der Waals surface area contributed by atoms with E-state index in [-0.39, 0.29) is 24.4 Å². The highest BCUT2D eigenvalue weighted by Gasteiger charge is 2.38. The summed E-state index contributed by atoms with van der Waals surface area (Å²) in [7, 11) is 0. The standard InChI is InChI=1S/C37H46FNO6/c1-24(39-34(41)45-36(5,6)7)29-13-11-14-30(33(29)38)27-18-25(19-28(20-27)43-23-37(8)16-17-37)22-42-31-15-10-9-12-26(31)21-32(40)44-35(2,3)4/h9-15,18-20,24H,16-17,21-23H2,1-8H3,(H,39,41). The summed E-state index contributed by atoms with van der Waals surface area (Å²) >= 11 is 0. The van der Waals surface area contributed by atoms with Crippen LogP contribution in [0.5, 0.6) is 11.5 Å². The Hall–Kier alpha value is -4.07. The fourth-order valence-corrected chi connectivity index (χ4v) is 4.75. The Bertz CT molecular complexity index is 1520. The van der Waals surface area contributed by atoms with Crippen LogP contribution in [-0.4, -0.2) is 29.9 Å². The van der Waals surface area contributed by atoms with Gasteiger partial charge in [-0.15, -0.1) is 0 Å². The average Bonchev–Trinajstić information content (AvgIpc) is 3.66. The van der Waals surface area contributed by atoms with Crippen LogP contribution < -0.4 is 14.8 Å². The van der Waals surface area contributed by atoms with Crippen LogP contribution in [0.4, 0.5) is 9.18 Å². The zero-order chi connectivity index (χ0) is 33.0. The number of carbonyl (C=O) groups is 2. The average molecular weight is 620 g/mol. The molecule has 0 aromatic heterocycles. The van der Waals surface area contributed by atoms with Crippen LogP contribution in [0.1, 0.15) is 91.0 Å². The lowest BCUT2D eigenvalue weighted by Gasteiger charge is -2.22. The van der Waals surface area contributed by atoms with Crippen molar-refractivity contribution in [1.29, 1.82) is 0 Å². The highest BCUT2D eigenvalue weighted by Crippen LogP contribution is 2.45. The Kier molecular flexibility index (Phi) is 10.2. The molecule has 0 saturated heterocycles. The third-order valence-corrected chi connectivity index (χ3v) is 7.32. The number of benzene rings is 3. The normalized spacial score (nSPS) is 14.7. The van der Waals surface area contributed by atoms with Gasteiger partial charge in [0.1, 0.15) is 35.1 Å². The maximum absolute atomic E-state index is 16.1. The molecular formula is C37H46FNO6. The minimum atomic E-state index is -0.670.